The fraction of sp³-hybridized carbons (Fsp3) is 0.412. The van der Waals surface area contributed by atoms with Crippen LogP contribution in [0.1, 0.15) is 36.1 Å². The van der Waals surface area contributed by atoms with Gasteiger partial charge in [-0.1, -0.05) is 19.1 Å². The van der Waals surface area contributed by atoms with Gasteiger partial charge in [0.2, 0.25) is 0 Å². The molecule has 4 heteroatoms. The van der Waals surface area contributed by atoms with Gasteiger partial charge in [0.15, 0.2) is 0 Å². The summed E-state index contributed by atoms with van der Waals surface area (Å²) in [6.07, 6.45) is 3.31. The number of halogens is 1. The summed E-state index contributed by atoms with van der Waals surface area (Å²) < 4.78 is 6.94. The second-order valence-electron chi connectivity index (χ2n) is 5.37. The Morgan fingerprint density at radius 3 is 3.05 bits per heavy atom. The van der Waals surface area contributed by atoms with Crippen molar-refractivity contribution in [1.29, 1.82) is 0 Å². The molecule has 0 saturated carbocycles. The van der Waals surface area contributed by atoms with Crippen molar-refractivity contribution < 1.29 is 4.74 Å². The summed E-state index contributed by atoms with van der Waals surface area (Å²) >= 11 is 4.23. The third-order valence-corrected chi connectivity index (χ3v) is 5.72. The average molecular weight is 413 g/mol. The Hall–Kier alpha value is -0.590. The third-order valence-electron chi connectivity index (χ3n) is 3.92. The van der Waals surface area contributed by atoms with Crippen molar-refractivity contribution in [2.45, 2.75) is 32.2 Å². The van der Waals surface area contributed by atoms with Gasteiger partial charge < -0.3 is 10.1 Å². The molecule has 21 heavy (non-hydrogen) atoms. The van der Waals surface area contributed by atoms with Crippen LogP contribution in [0, 0.1) is 2.88 Å². The lowest BCUT2D eigenvalue weighted by Gasteiger charge is -2.17. The summed E-state index contributed by atoms with van der Waals surface area (Å²) in [7, 11) is 0. The molecule has 2 heterocycles. The third kappa shape index (κ3) is 3.79. The Kier molecular flexibility index (Phi) is 5.19. The highest BCUT2D eigenvalue weighted by Crippen LogP contribution is 2.29. The summed E-state index contributed by atoms with van der Waals surface area (Å²) in [5, 5.41) is 5.90. The molecule has 0 aliphatic carbocycles. The van der Waals surface area contributed by atoms with Crippen LogP contribution < -0.4 is 10.1 Å². The Bertz CT molecular complexity index is 611. The van der Waals surface area contributed by atoms with Crippen LogP contribution in [0.25, 0.3) is 0 Å². The largest absolute Gasteiger partial charge is 0.493 e. The predicted molar refractivity (Wildman–Crippen MR) is 97.4 cm³/mol. The first-order chi connectivity index (χ1) is 10.3. The lowest BCUT2D eigenvalue weighted by molar-refractivity contribution is 0.357. The maximum atomic E-state index is 5.58. The van der Waals surface area contributed by atoms with E-state index in [9.17, 15) is 0 Å². The number of hydrogen-bond acceptors (Lipinski definition) is 3. The van der Waals surface area contributed by atoms with Gasteiger partial charge in [-0.05, 0) is 76.2 Å². The molecule has 1 N–H and O–H groups in total. The molecule has 1 unspecified atom stereocenters. The van der Waals surface area contributed by atoms with Crippen molar-refractivity contribution in [2.24, 2.45) is 0 Å². The Balaban J connectivity index is 1.66. The van der Waals surface area contributed by atoms with Crippen LogP contribution in [0.2, 0.25) is 0 Å². The van der Waals surface area contributed by atoms with E-state index in [2.05, 4.69) is 64.5 Å². The number of benzene rings is 1. The molecular formula is C17H20INOS. The number of thiophene rings is 1. The lowest BCUT2D eigenvalue weighted by atomic mass is 9.99. The van der Waals surface area contributed by atoms with Crippen LogP contribution in [-0.4, -0.2) is 13.2 Å². The van der Waals surface area contributed by atoms with E-state index >= 15 is 0 Å². The van der Waals surface area contributed by atoms with Crippen LogP contribution in [0.4, 0.5) is 0 Å². The Morgan fingerprint density at radius 1 is 1.38 bits per heavy atom. The van der Waals surface area contributed by atoms with Crippen LogP contribution in [-0.2, 0) is 12.8 Å². The van der Waals surface area contributed by atoms with Gasteiger partial charge in [-0.25, -0.2) is 0 Å². The van der Waals surface area contributed by atoms with Crippen molar-refractivity contribution >= 4 is 33.9 Å². The van der Waals surface area contributed by atoms with Crippen LogP contribution in [0.5, 0.6) is 5.75 Å². The average Bonchev–Trinajstić information content (AvgIpc) is 3.11. The van der Waals surface area contributed by atoms with Crippen LogP contribution in [0.3, 0.4) is 0 Å². The fourth-order valence-corrected chi connectivity index (χ4v) is 4.27. The molecule has 1 aliphatic heterocycles. The van der Waals surface area contributed by atoms with Crippen molar-refractivity contribution in [3.8, 4) is 5.75 Å². The first-order valence-electron chi connectivity index (χ1n) is 7.48. The summed E-state index contributed by atoms with van der Waals surface area (Å²) in [4.78, 5) is 0. The molecule has 3 rings (SSSR count). The monoisotopic (exact) mass is 413 g/mol. The van der Waals surface area contributed by atoms with Gasteiger partial charge in [0.25, 0.3) is 0 Å². The van der Waals surface area contributed by atoms with Gasteiger partial charge in [0.1, 0.15) is 5.75 Å². The molecule has 2 aromatic rings. The minimum atomic E-state index is 0.458. The predicted octanol–water partition coefficient (Wildman–Crippen LogP) is 4.57. The first kappa shape index (κ1) is 15.3. The van der Waals surface area contributed by atoms with Crippen LogP contribution >= 0.6 is 33.9 Å². The maximum Gasteiger partial charge on any atom is 0.122 e. The summed E-state index contributed by atoms with van der Waals surface area (Å²) in [5.74, 6) is 1.08. The molecule has 0 radical (unpaired) electrons. The Labute approximate surface area is 144 Å². The molecule has 1 atom stereocenters. The molecule has 0 fully saturated rings. The summed E-state index contributed by atoms with van der Waals surface area (Å²) in [5.41, 5.74) is 4.22. The summed E-state index contributed by atoms with van der Waals surface area (Å²) in [6, 6.07) is 9.43. The van der Waals surface area contributed by atoms with Gasteiger partial charge in [0, 0.05) is 12.5 Å². The molecule has 0 amide bonds. The minimum absolute atomic E-state index is 0.458. The SMILES string of the molecule is CCNC(CCc1ccc2c(c1)CCO2)c1csc(I)c1. The van der Waals surface area contributed by atoms with Crippen LogP contribution in [0.15, 0.2) is 29.6 Å². The molecule has 0 spiro atoms. The normalized spacial score (nSPS) is 14.8. The molecule has 0 bridgehead atoms. The van der Waals surface area contributed by atoms with E-state index in [-0.39, 0.29) is 0 Å². The zero-order chi connectivity index (χ0) is 14.7. The lowest BCUT2D eigenvalue weighted by Crippen LogP contribution is -2.21. The van der Waals surface area contributed by atoms with Crippen molar-refractivity contribution in [1.82, 2.24) is 5.32 Å². The number of fused-ring (bicyclic) bond motifs is 1. The number of rotatable bonds is 6. The smallest absolute Gasteiger partial charge is 0.122 e. The van der Waals surface area contributed by atoms with Gasteiger partial charge >= 0.3 is 0 Å². The summed E-state index contributed by atoms with van der Waals surface area (Å²) in [6.45, 7) is 4.03. The quantitative estimate of drug-likeness (QED) is 0.701. The van der Waals surface area contributed by atoms with Crippen molar-refractivity contribution in [2.75, 3.05) is 13.2 Å². The van der Waals surface area contributed by atoms with E-state index < -0.39 is 0 Å². The van der Waals surface area contributed by atoms with E-state index in [0.29, 0.717) is 6.04 Å². The highest BCUT2D eigenvalue weighted by molar-refractivity contribution is 14.1. The topological polar surface area (TPSA) is 21.3 Å². The number of nitrogens with one attached hydrogen (secondary N) is 1. The molecular weight excluding hydrogens is 393 g/mol. The van der Waals surface area contributed by atoms with Gasteiger partial charge in [0.05, 0.1) is 9.49 Å². The van der Waals surface area contributed by atoms with E-state index in [1.54, 1.807) is 0 Å². The fourth-order valence-electron chi connectivity index (χ4n) is 2.85. The molecule has 112 valence electrons. The Morgan fingerprint density at radius 2 is 2.29 bits per heavy atom. The molecule has 2 nitrogen and oxygen atoms in total. The van der Waals surface area contributed by atoms with Gasteiger partial charge in [-0.3, -0.25) is 0 Å². The zero-order valence-corrected chi connectivity index (χ0v) is 15.2. The van der Waals surface area contributed by atoms with Gasteiger partial charge in [-0.15, -0.1) is 11.3 Å². The molecule has 0 saturated heterocycles. The molecule has 1 aromatic carbocycles. The van der Waals surface area contributed by atoms with E-state index in [1.807, 2.05) is 11.3 Å². The highest BCUT2D eigenvalue weighted by Gasteiger charge is 2.15. The number of ether oxygens (including phenoxy) is 1. The van der Waals surface area contributed by atoms with E-state index in [4.69, 9.17) is 4.74 Å². The highest BCUT2D eigenvalue weighted by atomic mass is 127. The zero-order valence-electron chi connectivity index (χ0n) is 12.2. The second-order valence-corrected chi connectivity index (χ2v) is 8.18. The first-order valence-corrected chi connectivity index (χ1v) is 9.44. The number of hydrogen-bond donors (Lipinski definition) is 1. The second kappa shape index (κ2) is 7.11. The van der Waals surface area contributed by atoms with E-state index in [0.717, 1.165) is 38.2 Å². The number of aryl methyl sites for hydroxylation is 1. The minimum Gasteiger partial charge on any atom is -0.493 e. The molecule has 1 aliphatic rings. The standard InChI is InChI=1S/C17H20INOS/c1-2-19-15(14-10-17(18)21-11-14)5-3-12-4-6-16-13(9-12)7-8-20-16/h4,6,9-11,15,19H,2-3,5,7-8H2,1H3. The maximum absolute atomic E-state index is 5.58. The van der Waals surface area contributed by atoms with E-state index in [1.165, 1.54) is 19.6 Å². The van der Waals surface area contributed by atoms with Gasteiger partial charge in [-0.2, -0.15) is 0 Å². The van der Waals surface area contributed by atoms with Crippen molar-refractivity contribution in [3.05, 3.63) is 49.2 Å². The van der Waals surface area contributed by atoms with Crippen molar-refractivity contribution in [3.63, 3.8) is 0 Å². The molecule has 1 aromatic heterocycles.